The monoisotopic (exact) mass is 530 g/mol. The molecule has 1 heterocycles. The molecule has 1 aliphatic rings. The van der Waals surface area contributed by atoms with Crippen molar-refractivity contribution in [2.45, 2.75) is 0 Å². The van der Waals surface area contributed by atoms with Crippen LogP contribution in [-0.2, 0) is 9.47 Å². The molecule has 0 aliphatic carbocycles. The first-order chi connectivity index (χ1) is 17.5. The van der Waals surface area contributed by atoms with Gasteiger partial charge in [-0.1, -0.05) is 35.3 Å². The molecule has 1 aliphatic heterocycles. The van der Waals surface area contributed by atoms with Crippen LogP contribution in [0.1, 0.15) is 11.1 Å². The van der Waals surface area contributed by atoms with E-state index >= 15 is 0 Å². The van der Waals surface area contributed by atoms with Crippen LogP contribution < -0.4 is 9.47 Å². The number of rotatable bonds is 0. The minimum Gasteiger partial charge on any atom is -0.504 e. The van der Waals surface area contributed by atoms with Crippen molar-refractivity contribution in [3.63, 3.8) is 0 Å². The van der Waals surface area contributed by atoms with Gasteiger partial charge in [0.25, 0.3) is 0 Å². The number of hydrogen-bond acceptors (Lipinski definition) is 8. The van der Waals surface area contributed by atoms with Crippen LogP contribution >= 0.6 is 23.2 Å². The fourth-order valence-electron chi connectivity index (χ4n) is 3.27. The Labute approximate surface area is 218 Å². The summed E-state index contributed by atoms with van der Waals surface area (Å²) >= 11 is 12.4. The summed E-state index contributed by atoms with van der Waals surface area (Å²) in [5, 5.41) is 21.9. The molecule has 0 spiro atoms. The third-order valence-electron chi connectivity index (χ3n) is 5.11. The van der Waals surface area contributed by atoms with Crippen LogP contribution in [0, 0.1) is 0 Å². The van der Waals surface area contributed by atoms with Gasteiger partial charge >= 0.3 is 0 Å². The topological polar surface area (TPSA) is 102 Å². The van der Waals surface area contributed by atoms with Crippen molar-refractivity contribution >= 4 is 47.0 Å². The van der Waals surface area contributed by atoms with E-state index in [9.17, 15) is 10.2 Å². The van der Waals surface area contributed by atoms with E-state index in [-0.39, 0.29) is 24.7 Å². The molecule has 0 unspecified atom stereocenters. The molecule has 0 saturated heterocycles. The number of phenolic OH excluding ortho intramolecular Hbond substituents is 2. The standard InChI is InChI=1S/C26H24Cl2N2O6/c27-19-13-21-22(14-20(19)28)30-16-18-4-2-6-24(26(18)32)36-12-10-34-8-7-33-9-11-35-23-5-1-3-17(15-29-21)25(23)31/h1-6,13-16,31-32H,7-12H2. The largest absolute Gasteiger partial charge is 0.504 e. The number of ether oxygens (including phenoxy) is 4. The van der Waals surface area contributed by atoms with Gasteiger partial charge in [0.2, 0.25) is 0 Å². The number of halogens is 2. The molecule has 10 heteroatoms. The van der Waals surface area contributed by atoms with E-state index in [1.54, 1.807) is 48.5 Å². The molecule has 3 aromatic rings. The normalized spacial score (nSPS) is 15.1. The predicted octanol–water partition coefficient (Wildman–Crippen LogP) is 5.71. The molecule has 0 atom stereocenters. The van der Waals surface area contributed by atoms with Crippen molar-refractivity contribution in [2.75, 3.05) is 39.6 Å². The highest BCUT2D eigenvalue weighted by molar-refractivity contribution is 6.42. The summed E-state index contributed by atoms with van der Waals surface area (Å²) in [5.41, 5.74) is 1.69. The number of fused-ring (bicyclic) bond motifs is 5. The van der Waals surface area contributed by atoms with E-state index in [4.69, 9.17) is 42.1 Å². The molecule has 4 bridgehead atoms. The molecule has 0 aromatic heterocycles. The summed E-state index contributed by atoms with van der Waals surface area (Å²) in [4.78, 5) is 8.93. The lowest BCUT2D eigenvalue weighted by molar-refractivity contribution is 0.0269. The predicted molar refractivity (Wildman–Crippen MR) is 140 cm³/mol. The van der Waals surface area contributed by atoms with Crippen LogP contribution in [-0.4, -0.2) is 62.3 Å². The fourth-order valence-corrected chi connectivity index (χ4v) is 3.59. The summed E-state index contributed by atoms with van der Waals surface area (Å²) in [6, 6.07) is 13.3. The second-order valence-electron chi connectivity index (χ2n) is 7.58. The van der Waals surface area contributed by atoms with Crippen LogP contribution in [0.25, 0.3) is 0 Å². The summed E-state index contributed by atoms with van der Waals surface area (Å²) in [5.74, 6) is 0.499. The van der Waals surface area contributed by atoms with Crippen LogP contribution in [0.5, 0.6) is 23.0 Å². The maximum atomic E-state index is 10.6. The van der Waals surface area contributed by atoms with Gasteiger partial charge in [0.1, 0.15) is 13.2 Å². The minimum atomic E-state index is -0.0569. The van der Waals surface area contributed by atoms with Gasteiger partial charge in [-0.15, -0.1) is 0 Å². The highest BCUT2D eigenvalue weighted by atomic mass is 35.5. The lowest BCUT2D eigenvalue weighted by Crippen LogP contribution is -2.13. The average molecular weight is 531 g/mol. The number of nitrogens with zero attached hydrogens (tertiary/aromatic N) is 2. The molecule has 4 rings (SSSR count). The molecule has 2 N–H and O–H groups in total. The first kappa shape index (κ1) is 25.8. The Morgan fingerprint density at radius 2 is 1.03 bits per heavy atom. The Balaban J connectivity index is 1.69. The van der Waals surface area contributed by atoms with E-state index in [1.165, 1.54) is 12.4 Å². The third kappa shape index (κ3) is 6.67. The molecule has 0 saturated carbocycles. The first-order valence-corrected chi connectivity index (χ1v) is 11.9. The van der Waals surface area contributed by atoms with Gasteiger partial charge in [-0.05, 0) is 36.4 Å². The molecule has 0 amide bonds. The highest BCUT2D eigenvalue weighted by Gasteiger charge is 2.11. The smallest absolute Gasteiger partial charge is 0.166 e. The van der Waals surface area contributed by atoms with E-state index < -0.39 is 0 Å². The summed E-state index contributed by atoms with van der Waals surface area (Å²) in [6.07, 6.45) is 2.96. The molecule has 188 valence electrons. The number of phenols is 2. The van der Waals surface area contributed by atoms with Crippen molar-refractivity contribution in [3.8, 4) is 23.0 Å². The summed E-state index contributed by atoms with van der Waals surface area (Å²) in [6.45, 7) is 1.90. The quantitative estimate of drug-likeness (QED) is 0.385. The second kappa shape index (κ2) is 12.6. The van der Waals surface area contributed by atoms with Crippen molar-refractivity contribution in [1.82, 2.24) is 0 Å². The van der Waals surface area contributed by atoms with E-state index in [2.05, 4.69) is 9.98 Å². The minimum absolute atomic E-state index is 0.0569. The van der Waals surface area contributed by atoms with Gasteiger partial charge in [-0.3, -0.25) is 9.98 Å². The van der Waals surface area contributed by atoms with Crippen LogP contribution in [0.2, 0.25) is 10.0 Å². The molecule has 0 radical (unpaired) electrons. The fraction of sp³-hybridized carbons (Fsp3) is 0.231. The zero-order valence-electron chi connectivity index (χ0n) is 19.2. The summed E-state index contributed by atoms with van der Waals surface area (Å²) in [7, 11) is 0. The number of aromatic hydroxyl groups is 2. The van der Waals surface area contributed by atoms with E-state index in [0.717, 1.165) is 0 Å². The van der Waals surface area contributed by atoms with Crippen molar-refractivity contribution in [1.29, 1.82) is 0 Å². The van der Waals surface area contributed by atoms with Crippen molar-refractivity contribution < 1.29 is 29.2 Å². The van der Waals surface area contributed by atoms with Gasteiger partial charge in [0.15, 0.2) is 23.0 Å². The van der Waals surface area contributed by atoms with Gasteiger partial charge in [-0.2, -0.15) is 0 Å². The van der Waals surface area contributed by atoms with Gasteiger partial charge in [0, 0.05) is 23.6 Å². The Hall–Kier alpha value is -3.30. The van der Waals surface area contributed by atoms with E-state index in [0.29, 0.717) is 70.5 Å². The molecule has 3 aromatic carbocycles. The van der Waals surface area contributed by atoms with Gasteiger partial charge < -0.3 is 29.2 Å². The Morgan fingerprint density at radius 1 is 0.611 bits per heavy atom. The lowest BCUT2D eigenvalue weighted by atomic mass is 10.2. The summed E-state index contributed by atoms with van der Waals surface area (Å²) < 4.78 is 22.3. The molecular weight excluding hydrogens is 507 g/mol. The van der Waals surface area contributed by atoms with Gasteiger partial charge in [0.05, 0.1) is 47.8 Å². The molecule has 36 heavy (non-hydrogen) atoms. The second-order valence-corrected chi connectivity index (χ2v) is 8.40. The zero-order chi connectivity index (χ0) is 25.3. The van der Waals surface area contributed by atoms with Crippen LogP contribution in [0.3, 0.4) is 0 Å². The number of benzene rings is 3. The SMILES string of the molecule is Oc1c2cccc1OCCOCCOCCOc1cccc(c1O)C=Nc1cc(Cl)c(Cl)cc1N=C2. The van der Waals surface area contributed by atoms with Crippen LogP contribution in [0.15, 0.2) is 58.5 Å². The first-order valence-electron chi connectivity index (χ1n) is 11.1. The number of hydrogen-bond donors (Lipinski definition) is 2. The Kier molecular flexibility index (Phi) is 9.02. The molecule has 8 nitrogen and oxygen atoms in total. The maximum Gasteiger partial charge on any atom is 0.166 e. The average Bonchev–Trinajstić information content (AvgIpc) is 2.87. The highest BCUT2D eigenvalue weighted by Crippen LogP contribution is 2.37. The molecule has 0 fully saturated rings. The number of aliphatic imine (C=N–C) groups is 2. The van der Waals surface area contributed by atoms with Crippen molar-refractivity contribution in [3.05, 3.63) is 69.7 Å². The van der Waals surface area contributed by atoms with E-state index in [1.807, 2.05) is 0 Å². The third-order valence-corrected chi connectivity index (χ3v) is 5.83. The van der Waals surface area contributed by atoms with Gasteiger partial charge in [-0.25, -0.2) is 0 Å². The molecular formula is C26H24Cl2N2O6. The Bertz CT molecular complexity index is 1170. The zero-order valence-corrected chi connectivity index (χ0v) is 20.7. The maximum absolute atomic E-state index is 10.6. The number of para-hydroxylation sites is 2. The Morgan fingerprint density at radius 3 is 1.47 bits per heavy atom. The lowest BCUT2D eigenvalue weighted by Gasteiger charge is -2.12. The van der Waals surface area contributed by atoms with Crippen molar-refractivity contribution in [2.24, 2.45) is 9.98 Å². The van der Waals surface area contributed by atoms with Crippen LogP contribution in [0.4, 0.5) is 11.4 Å².